The van der Waals surface area contributed by atoms with E-state index in [-0.39, 0.29) is 5.91 Å². The summed E-state index contributed by atoms with van der Waals surface area (Å²) in [6.07, 6.45) is 2.31. The van der Waals surface area contributed by atoms with E-state index in [1.807, 2.05) is 0 Å². The van der Waals surface area contributed by atoms with Gasteiger partial charge in [-0.05, 0) is 37.6 Å². The SMILES string of the molecule is COCCN1CCCC1CNC(=O)c1cccc(N)c1. The van der Waals surface area contributed by atoms with Crippen LogP contribution in [-0.2, 0) is 4.74 Å². The summed E-state index contributed by atoms with van der Waals surface area (Å²) in [7, 11) is 1.71. The Morgan fingerprint density at radius 1 is 1.55 bits per heavy atom. The third-order valence-corrected chi connectivity index (χ3v) is 3.73. The van der Waals surface area contributed by atoms with E-state index in [1.54, 1.807) is 31.4 Å². The van der Waals surface area contributed by atoms with Gasteiger partial charge >= 0.3 is 0 Å². The average molecular weight is 277 g/mol. The molecule has 1 aromatic rings. The quantitative estimate of drug-likeness (QED) is 0.764. The van der Waals surface area contributed by atoms with Crippen molar-refractivity contribution >= 4 is 11.6 Å². The Morgan fingerprint density at radius 2 is 2.40 bits per heavy atom. The maximum atomic E-state index is 12.1. The van der Waals surface area contributed by atoms with Crippen LogP contribution in [0.2, 0.25) is 0 Å². The number of ether oxygens (including phenoxy) is 1. The Morgan fingerprint density at radius 3 is 3.15 bits per heavy atom. The van der Waals surface area contributed by atoms with Crippen molar-refractivity contribution in [3.63, 3.8) is 0 Å². The van der Waals surface area contributed by atoms with Gasteiger partial charge in [-0.3, -0.25) is 9.69 Å². The van der Waals surface area contributed by atoms with E-state index >= 15 is 0 Å². The molecule has 1 atom stereocenters. The molecular weight excluding hydrogens is 254 g/mol. The molecule has 1 heterocycles. The minimum Gasteiger partial charge on any atom is -0.399 e. The lowest BCUT2D eigenvalue weighted by atomic mass is 10.1. The second-order valence-electron chi connectivity index (χ2n) is 5.16. The predicted molar refractivity (Wildman–Crippen MR) is 79.7 cm³/mol. The van der Waals surface area contributed by atoms with Gasteiger partial charge in [-0.2, -0.15) is 0 Å². The summed E-state index contributed by atoms with van der Waals surface area (Å²) in [5.74, 6) is -0.0594. The predicted octanol–water partition coefficient (Wildman–Crippen LogP) is 1.11. The Labute approximate surface area is 120 Å². The minimum absolute atomic E-state index is 0.0594. The molecule has 0 radical (unpaired) electrons. The van der Waals surface area contributed by atoms with Crippen molar-refractivity contribution in [2.75, 3.05) is 39.1 Å². The van der Waals surface area contributed by atoms with Gasteiger partial charge in [-0.1, -0.05) is 6.07 Å². The van der Waals surface area contributed by atoms with Gasteiger partial charge in [0.25, 0.3) is 5.91 Å². The lowest BCUT2D eigenvalue weighted by Gasteiger charge is -2.24. The van der Waals surface area contributed by atoms with Crippen LogP contribution in [0.3, 0.4) is 0 Å². The first-order valence-corrected chi connectivity index (χ1v) is 7.07. The third-order valence-electron chi connectivity index (χ3n) is 3.73. The second kappa shape index (κ2) is 7.26. The molecule has 0 spiro atoms. The standard InChI is InChI=1S/C15H23N3O2/c1-20-9-8-18-7-3-6-14(18)11-17-15(19)12-4-2-5-13(16)10-12/h2,4-5,10,14H,3,6-9,11,16H2,1H3,(H,17,19). The molecule has 20 heavy (non-hydrogen) atoms. The molecule has 1 aliphatic rings. The van der Waals surface area contributed by atoms with Crippen molar-refractivity contribution in [3.05, 3.63) is 29.8 Å². The van der Waals surface area contributed by atoms with Gasteiger partial charge in [-0.15, -0.1) is 0 Å². The summed E-state index contributed by atoms with van der Waals surface area (Å²) < 4.78 is 5.12. The van der Waals surface area contributed by atoms with Gasteiger partial charge in [0.05, 0.1) is 6.61 Å². The number of likely N-dealkylation sites (tertiary alicyclic amines) is 1. The van der Waals surface area contributed by atoms with Crippen LogP contribution < -0.4 is 11.1 Å². The van der Waals surface area contributed by atoms with E-state index in [0.717, 1.165) is 26.1 Å². The number of nitrogens with zero attached hydrogens (tertiary/aromatic N) is 1. The maximum Gasteiger partial charge on any atom is 0.251 e. The number of hydrogen-bond acceptors (Lipinski definition) is 4. The van der Waals surface area contributed by atoms with Crippen molar-refractivity contribution < 1.29 is 9.53 Å². The number of nitrogen functional groups attached to an aromatic ring is 1. The lowest BCUT2D eigenvalue weighted by Crippen LogP contribution is -2.41. The third kappa shape index (κ3) is 3.95. The number of rotatable bonds is 6. The zero-order chi connectivity index (χ0) is 14.4. The van der Waals surface area contributed by atoms with Crippen LogP contribution in [0.25, 0.3) is 0 Å². The van der Waals surface area contributed by atoms with E-state index in [9.17, 15) is 4.79 Å². The number of methoxy groups -OCH3 is 1. The fraction of sp³-hybridized carbons (Fsp3) is 0.533. The van der Waals surface area contributed by atoms with Crippen LogP contribution in [0, 0.1) is 0 Å². The molecule has 3 N–H and O–H groups in total. The largest absolute Gasteiger partial charge is 0.399 e. The minimum atomic E-state index is -0.0594. The van der Waals surface area contributed by atoms with Crippen molar-refractivity contribution in [2.45, 2.75) is 18.9 Å². The van der Waals surface area contributed by atoms with E-state index in [4.69, 9.17) is 10.5 Å². The summed E-state index contributed by atoms with van der Waals surface area (Å²) in [4.78, 5) is 14.4. The van der Waals surface area contributed by atoms with Crippen molar-refractivity contribution in [1.82, 2.24) is 10.2 Å². The first-order chi connectivity index (χ1) is 9.70. The number of carbonyl (C=O) groups is 1. The number of hydrogen-bond donors (Lipinski definition) is 2. The highest BCUT2D eigenvalue weighted by atomic mass is 16.5. The van der Waals surface area contributed by atoms with Gasteiger partial charge in [0.2, 0.25) is 0 Å². The number of carbonyl (C=O) groups excluding carboxylic acids is 1. The van der Waals surface area contributed by atoms with E-state index in [2.05, 4.69) is 10.2 Å². The summed E-state index contributed by atoms with van der Waals surface area (Å²) in [6.45, 7) is 3.43. The Kier molecular flexibility index (Phi) is 5.38. The average Bonchev–Trinajstić information content (AvgIpc) is 2.90. The summed E-state index contributed by atoms with van der Waals surface area (Å²) >= 11 is 0. The molecule has 1 fully saturated rings. The maximum absolute atomic E-state index is 12.1. The van der Waals surface area contributed by atoms with Crippen LogP contribution in [-0.4, -0.2) is 50.2 Å². The molecule has 1 unspecified atom stereocenters. The molecule has 1 aromatic carbocycles. The summed E-state index contributed by atoms with van der Waals surface area (Å²) in [5, 5.41) is 3.00. The first kappa shape index (κ1) is 14.8. The van der Waals surface area contributed by atoms with Crippen LogP contribution in [0.1, 0.15) is 23.2 Å². The summed E-state index contributed by atoms with van der Waals surface area (Å²) in [5.41, 5.74) is 6.92. The fourth-order valence-electron chi connectivity index (χ4n) is 2.62. The van der Waals surface area contributed by atoms with Crippen LogP contribution in [0.5, 0.6) is 0 Å². The Hall–Kier alpha value is -1.59. The van der Waals surface area contributed by atoms with Crippen LogP contribution >= 0.6 is 0 Å². The smallest absolute Gasteiger partial charge is 0.251 e. The number of nitrogens with one attached hydrogen (secondary N) is 1. The molecule has 5 nitrogen and oxygen atoms in total. The Balaban J connectivity index is 1.83. The lowest BCUT2D eigenvalue weighted by molar-refractivity contribution is 0.0933. The van der Waals surface area contributed by atoms with Crippen molar-refractivity contribution in [2.24, 2.45) is 0 Å². The first-order valence-electron chi connectivity index (χ1n) is 7.07. The van der Waals surface area contributed by atoms with Gasteiger partial charge < -0.3 is 15.8 Å². The summed E-state index contributed by atoms with van der Waals surface area (Å²) in [6, 6.07) is 7.47. The molecule has 1 aliphatic heterocycles. The molecule has 110 valence electrons. The van der Waals surface area contributed by atoms with Crippen LogP contribution in [0.15, 0.2) is 24.3 Å². The number of nitrogens with two attached hydrogens (primary N) is 1. The fourth-order valence-corrected chi connectivity index (χ4v) is 2.62. The molecule has 0 bridgehead atoms. The number of amides is 1. The highest BCUT2D eigenvalue weighted by Crippen LogP contribution is 2.16. The molecular formula is C15H23N3O2. The molecule has 0 aromatic heterocycles. The molecule has 2 rings (SSSR count). The molecule has 1 saturated heterocycles. The van der Waals surface area contributed by atoms with E-state index in [0.29, 0.717) is 23.8 Å². The van der Waals surface area contributed by atoms with Crippen molar-refractivity contribution in [3.8, 4) is 0 Å². The topological polar surface area (TPSA) is 67.6 Å². The van der Waals surface area contributed by atoms with Gasteiger partial charge in [-0.25, -0.2) is 0 Å². The number of benzene rings is 1. The zero-order valence-electron chi connectivity index (χ0n) is 12.0. The second-order valence-corrected chi connectivity index (χ2v) is 5.16. The van der Waals surface area contributed by atoms with Gasteiger partial charge in [0.15, 0.2) is 0 Å². The highest BCUT2D eigenvalue weighted by molar-refractivity contribution is 5.94. The van der Waals surface area contributed by atoms with Gasteiger partial charge in [0, 0.05) is 37.5 Å². The molecule has 5 heteroatoms. The van der Waals surface area contributed by atoms with Crippen LogP contribution in [0.4, 0.5) is 5.69 Å². The normalized spacial score (nSPS) is 19.1. The number of anilines is 1. The molecule has 0 saturated carbocycles. The Bertz CT molecular complexity index is 450. The molecule has 1 amide bonds. The van der Waals surface area contributed by atoms with E-state index < -0.39 is 0 Å². The highest BCUT2D eigenvalue weighted by Gasteiger charge is 2.24. The van der Waals surface area contributed by atoms with Crippen molar-refractivity contribution in [1.29, 1.82) is 0 Å². The zero-order valence-corrected chi connectivity index (χ0v) is 12.0. The monoisotopic (exact) mass is 277 g/mol. The molecule has 0 aliphatic carbocycles. The van der Waals surface area contributed by atoms with Gasteiger partial charge in [0.1, 0.15) is 0 Å². The van der Waals surface area contributed by atoms with E-state index in [1.165, 1.54) is 6.42 Å².